The molecule has 0 N–H and O–H groups in total. The van der Waals surface area contributed by atoms with Crippen LogP contribution in [0.1, 0.15) is 57.3 Å². The first kappa shape index (κ1) is 14.6. The highest BCUT2D eigenvalue weighted by atomic mass is 16.5. The second-order valence-corrected chi connectivity index (χ2v) is 3.98. The first-order chi connectivity index (χ1) is 8.63. The average Bonchev–Trinajstić information content (AvgIpc) is 2.84. The molecule has 1 rings (SSSR count). The van der Waals surface area contributed by atoms with Crippen LogP contribution in [0.5, 0.6) is 0 Å². The number of rotatable bonds is 7. The normalized spacial score (nSPS) is 14.2. The second-order valence-electron chi connectivity index (χ2n) is 3.98. The lowest BCUT2D eigenvalue weighted by molar-refractivity contribution is -0.145. The van der Waals surface area contributed by atoms with Crippen LogP contribution in [-0.4, -0.2) is 29.8 Å². The zero-order chi connectivity index (χ0) is 13.5. The van der Waals surface area contributed by atoms with Crippen LogP contribution >= 0.6 is 0 Å². The van der Waals surface area contributed by atoms with Crippen LogP contribution in [0.4, 0.5) is 0 Å². The average molecular weight is 256 g/mol. The minimum atomic E-state index is -0.551. The largest absolute Gasteiger partial charge is 0.465 e. The third-order valence-corrected chi connectivity index (χ3v) is 2.59. The van der Waals surface area contributed by atoms with Crippen LogP contribution in [0.25, 0.3) is 0 Å². The van der Waals surface area contributed by atoms with E-state index in [4.69, 9.17) is 14.0 Å². The van der Waals surface area contributed by atoms with E-state index in [1.807, 2.05) is 6.92 Å². The summed E-state index contributed by atoms with van der Waals surface area (Å²) in [5.41, 5.74) is 0. The number of hydrogen-bond acceptors (Lipinski definition) is 6. The highest BCUT2D eigenvalue weighted by Crippen LogP contribution is 2.22. The molecule has 18 heavy (non-hydrogen) atoms. The Hall–Kier alpha value is -1.43. The smallest absolute Gasteiger partial charge is 0.318 e. The summed E-state index contributed by atoms with van der Waals surface area (Å²) in [6.45, 7) is 5.82. The molecule has 0 aliphatic rings. The van der Waals surface area contributed by atoms with E-state index in [2.05, 4.69) is 10.1 Å². The van der Waals surface area contributed by atoms with Gasteiger partial charge < -0.3 is 14.0 Å². The van der Waals surface area contributed by atoms with Crippen molar-refractivity contribution in [3.8, 4) is 0 Å². The molecule has 0 radical (unpaired) electrons. The topological polar surface area (TPSA) is 74.5 Å². The lowest BCUT2D eigenvalue weighted by atomic mass is 10.2. The number of esters is 1. The summed E-state index contributed by atoms with van der Waals surface area (Å²) < 4.78 is 15.3. The standard InChI is InChI=1S/C12H20N2O4/c1-5-7-9(16-4)10-13-11(18-14-10)8(3)12(15)17-6-2/h8-9H,5-7H2,1-4H3. The Balaban J connectivity index is 2.75. The SMILES string of the molecule is CCCC(OC)c1noc(C(C)C(=O)OCC)n1. The van der Waals surface area contributed by atoms with Gasteiger partial charge in [-0.05, 0) is 20.3 Å². The molecule has 0 saturated heterocycles. The van der Waals surface area contributed by atoms with E-state index in [1.165, 1.54) is 0 Å². The van der Waals surface area contributed by atoms with Gasteiger partial charge in [0.25, 0.3) is 0 Å². The van der Waals surface area contributed by atoms with Crippen LogP contribution < -0.4 is 0 Å². The van der Waals surface area contributed by atoms with Gasteiger partial charge in [-0.1, -0.05) is 18.5 Å². The molecule has 0 fully saturated rings. The van der Waals surface area contributed by atoms with Gasteiger partial charge in [0.05, 0.1) is 6.61 Å². The molecule has 2 atom stereocenters. The van der Waals surface area contributed by atoms with Gasteiger partial charge in [0.15, 0.2) is 0 Å². The minimum absolute atomic E-state index is 0.193. The first-order valence-corrected chi connectivity index (χ1v) is 6.16. The van der Waals surface area contributed by atoms with E-state index < -0.39 is 5.92 Å². The predicted octanol–water partition coefficient (Wildman–Crippen LogP) is 2.22. The molecule has 0 bridgehead atoms. The Morgan fingerprint density at radius 3 is 2.72 bits per heavy atom. The molecule has 6 heteroatoms. The molecular weight excluding hydrogens is 236 g/mol. The van der Waals surface area contributed by atoms with Gasteiger partial charge >= 0.3 is 5.97 Å². The van der Waals surface area contributed by atoms with E-state index in [9.17, 15) is 4.79 Å². The highest BCUT2D eigenvalue weighted by molar-refractivity contribution is 5.76. The molecule has 2 unspecified atom stereocenters. The van der Waals surface area contributed by atoms with Crippen molar-refractivity contribution in [2.24, 2.45) is 0 Å². The molecular formula is C12H20N2O4. The molecule has 0 spiro atoms. The number of aromatic nitrogens is 2. The molecule has 102 valence electrons. The number of hydrogen-bond donors (Lipinski definition) is 0. The molecule has 1 aromatic heterocycles. The first-order valence-electron chi connectivity index (χ1n) is 6.16. The molecule has 0 saturated carbocycles. The van der Waals surface area contributed by atoms with Gasteiger partial charge in [-0.15, -0.1) is 0 Å². The van der Waals surface area contributed by atoms with Crippen molar-refractivity contribution in [1.29, 1.82) is 0 Å². The zero-order valence-corrected chi connectivity index (χ0v) is 11.3. The predicted molar refractivity (Wildman–Crippen MR) is 64.0 cm³/mol. The Morgan fingerprint density at radius 1 is 1.44 bits per heavy atom. The Kier molecular flexibility index (Phi) is 5.77. The lowest BCUT2D eigenvalue weighted by Crippen LogP contribution is -2.13. The summed E-state index contributed by atoms with van der Waals surface area (Å²) in [5, 5.41) is 3.85. The van der Waals surface area contributed by atoms with Gasteiger partial charge in [0, 0.05) is 7.11 Å². The number of ether oxygens (including phenoxy) is 2. The fraction of sp³-hybridized carbons (Fsp3) is 0.750. The summed E-state index contributed by atoms with van der Waals surface area (Å²) in [6, 6.07) is 0. The van der Waals surface area contributed by atoms with E-state index in [1.54, 1.807) is 21.0 Å². The van der Waals surface area contributed by atoms with Gasteiger partial charge in [0.1, 0.15) is 12.0 Å². The van der Waals surface area contributed by atoms with E-state index >= 15 is 0 Å². The van der Waals surface area contributed by atoms with Crippen LogP contribution in [0.2, 0.25) is 0 Å². The Labute approximate surface area is 107 Å². The molecule has 0 aliphatic carbocycles. The minimum Gasteiger partial charge on any atom is -0.465 e. The molecule has 0 aliphatic heterocycles. The maximum atomic E-state index is 11.5. The van der Waals surface area contributed by atoms with E-state index in [0.29, 0.717) is 12.4 Å². The molecule has 6 nitrogen and oxygen atoms in total. The van der Waals surface area contributed by atoms with Crippen molar-refractivity contribution in [1.82, 2.24) is 10.1 Å². The number of methoxy groups -OCH3 is 1. The van der Waals surface area contributed by atoms with Crippen LogP contribution in [0, 0.1) is 0 Å². The van der Waals surface area contributed by atoms with Crippen LogP contribution in [0.3, 0.4) is 0 Å². The van der Waals surface area contributed by atoms with Crippen LogP contribution in [-0.2, 0) is 14.3 Å². The Bertz CT molecular complexity index is 378. The van der Waals surface area contributed by atoms with Gasteiger partial charge in [-0.25, -0.2) is 0 Å². The zero-order valence-electron chi connectivity index (χ0n) is 11.3. The van der Waals surface area contributed by atoms with Crippen molar-refractivity contribution < 1.29 is 18.8 Å². The summed E-state index contributed by atoms with van der Waals surface area (Å²) in [7, 11) is 1.60. The van der Waals surface area contributed by atoms with E-state index in [0.717, 1.165) is 12.8 Å². The molecule has 1 heterocycles. The molecule has 0 amide bonds. The third kappa shape index (κ3) is 3.53. The Morgan fingerprint density at radius 2 is 2.17 bits per heavy atom. The van der Waals surface area contributed by atoms with Gasteiger partial charge in [0.2, 0.25) is 11.7 Å². The highest BCUT2D eigenvalue weighted by Gasteiger charge is 2.25. The summed E-state index contributed by atoms with van der Waals surface area (Å²) >= 11 is 0. The molecule has 1 aromatic rings. The molecule has 0 aromatic carbocycles. The van der Waals surface area contributed by atoms with Crippen LogP contribution in [0.15, 0.2) is 4.52 Å². The van der Waals surface area contributed by atoms with Gasteiger partial charge in [-0.3, -0.25) is 4.79 Å². The second kappa shape index (κ2) is 7.10. The van der Waals surface area contributed by atoms with Crippen molar-refractivity contribution >= 4 is 5.97 Å². The summed E-state index contributed by atoms with van der Waals surface area (Å²) in [4.78, 5) is 15.7. The fourth-order valence-electron chi connectivity index (χ4n) is 1.54. The number of nitrogens with zero attached hydrogens (tertiary/aromatic N) is 2. The fourth-order valence-corrected chi connectivity index (χ4v) is 1.54. The van der Waals surface area contributed by atoms with E-state index in [-0.39, 0.29) is 18.0 Å². The summed E-state index contributed by atoms with van der Waals surface area (Å²) in [6.07, 6.45) is 1.57. The van der Waals surface area contributed by atoms with Crippen molar-refractivity contribution in [3.05, 3.63) is 11.7 Å². The van der Waals surface area contributed by atoms with Crippen molar-refractivity contribution in [2.45, 2.75) is 45.6 Å². The maximum Gasteiger partial charge on any atom is 0.318 e. The monoisotopic (exact) mass is 256 g/mol. The maximum absolute atomic E-state index is 11.5. The number of carbonyl (C=O) groups excluding carboxylic acids is 1. The number of carbonyl (C=O) groups is 1. The van der Waals surface area contributed by atoms with Crippen molar-refractivity contribution in [3.63, 3.8) is 0 Å². The third-order valence-electron chi connectivity index (χ3n) is 2.59. The summed E-state index contributed by atoms with van der Waals surface area (Å²) in [5.74, 6) is -0.172. The quantitative estimate of drug-likeness (QED) is 0.696. The van der Waals surface area contributed by atoms with Crippen molar-refractivity contribution in [2.75, 3.05) is 13.7 Å². The lowest BCUT2D eigenvalue weighted by Gasteiger charge is -2.08. The van der Waals surface area contributed by atoms with Gasteiger partial charge in [-0.2, -0.15) is 4.98 Å².